The van der Waals surface area contributed by atoms with Crippen LogP contribution in [0.15, 0.2) is 36.4 Å². The summed E-state index contributed by atoms with van der Waals surface area (Å²) in [6.07, 6.45) is 0.813. The monoisotopic (exact) mass is 411 g/mol. The van der Waals surface area contributed by atoms with E-state index in [1.807, 2.05) is 30.3 Å². The number of rotatable bonds is 4. The van der Waals surface area contributed by atoms with Gasteiger partial charge in [0.05, 0.1) is 6.54 Å². The molecule has 2 aromatic rings. The van der Waals surface area contributed by atoms with Crippen LogP contribution in [0.25, 0.3) is 0 Å². The lowest BCUT2D eigenvalue weighted by Gasteiger charge is -2.36. The lowest BCUT2D eigenvalue weighted by molar-refractivity contribution is -0.116. The molecular formula is C23H26ClN3O2. The largest absolute Gasteiger partial charge is 0.369 e. The van der Waals surface area contributed by atoms with Crippen molar-refractivity contribution in [3.8, 4) is 0 Å². The number of ketones is 1. The SMILES string of the molecule is CC(=O)N1CCc2cc(C(=O)CN3CCN(c4cc(Cl)ccc4C)CC3)ccc21. The van der Waals surface area contributed by atoms with Gasteiger partial charge in [-0.1, -0.05) is 17.7 Å². The molecule has 1 fully saturated rings. The molecule has 0 bridgehead atoms. The molecule has 6 heteroatoms. The minimum absolute atomic E-state index is 0.0515. The predicted octanol–water partition coefficient (Wildman–Crippen LogP) is 3.56. The Morgan fingerprint density at radius 3 is 2.45 bits per heavy atom. The van der Waals surface area contributed by atoms with Crippen LogP contribution in [-0.4, -0.2) is 55.9 Å². The summed E-state index contributed by atoms with van der Waals surface area (Å²) < 4.78 is 0. The highest BCUT2D eigenvalue weighted by Gasteiger charge is 2.25. The lowest BCUT2D eigenvalue weighted by atomic mass is 10.0. The number of benzene rings is 2. The van der Waals surface area contributed by atoms with E-state index in [0.717, 1.165) is 54.4 Å². The number of halogens is 1. The van der Waals surface area contributed by atoms with E-state index in [1.165, 1.54) is 11.3 Å². The minimum Gasteiger partial charge on any atom is -0.369 e. The van der Waals surface area contributed by atoms with E-state index in [0.29, 0.717) is 13.1 Å². The maximum atomic E-state index is 12.8. The van der Waals surface area contributed by atoms with Crippen molar-refractivity contribution in [2.24, 2.45) is 0 Å². The van der Waals surface area contributed by atoms with Gasteiger partial charge in [-0.3, -0.25) is 14.5 Å². The molecule has 0 N–H and O–H groups in total. The fraction of sp³-hybridized carbons (Fsp3) is 0.391. The van der Waals surface area contributed by atoms with Gasteiger partial charge in [-0.25, -0.2) is 0 Å². The number of carbonyl (C=O) groups excluding carboxylic acids is 2. The first kappa shape index (κ1) is 19.9. The molecule has 2 aromatic carbocycles. The molecule has 4 rings (SSSR count). The molecule has 152 valence electrons. The number of Topliss-reactive ketones (excluding diaryl/α,β-unsaturated/α-hetero) is 1. The number of aryl methyl sites for hydroxylation is 1. The summed E-state index contributed by atoms with van der Waals surface area (Å²) >= 11 is 6.16. The Morgan fingerprint density at radius 1 is 0.966 bits per heavy atom. The fourth-order valence-corrected chi connectivity index (χ4v) is 4.43. The quantitative estimate of drug-likeness (QED) is 0.721. The molecule has 2 aliphatic rings. The molecule has 1 saturated heterocycles. The number of hydrogen-bond acceptors (Lipinski definition) is 4. The topological polar surface area (TPSA) is 43.9 Å². The van der Waals surface area contributed by atoms with E-state index in [4.69, 9.17) is 11.6 Å². The summed E-state index contributed by atoms with van der Waals surface area (Å²) in [5.74, 6) is 0.192. The summed E-state index contributed by atoms with van der Waals surface area (Å²) in [5, 5.41) is 0.753. The summed E-state index contributed by atoms with van der Waals surface area (Å²) in [6.45, 7) is 8.27. The average Bonchev–Trinajstić information content (AvgIpc) is 3.14. The van der Waals surface area contributed by atoms with E-state index >= 15 is 0 Å². The zero-order valence-electron chi connectivity index (χ0n) is 16.9. The highest BCUT2D eigenvalue weighted by Crippen LogP contribution is 2.29. The first-order chi connectivity index (χ1) is 13.9. The second-order valence-electron chi connectivity index (χ2n) is 7.88. The molecule has 5 nitrogen and oxygen atoms in total. The summed E-state index contributed by atoms with van der Waals surface area (Å²) in [7, 11) is 0. The molecule has 2 aliphatic heterocycles. The number of nitrogens with zero attached hydrogens (tertiary/aromatic N) is 3. The lowest BCUT2D eigenvalue weighted by Crippen LogP contribution is -2.48. The van der Waals surface area contributed by atoms with Gasteiger partial charge in [-0.05, 0) is 54.8 Å². The summed E-state index contributed by atoms with van der Waals surface area (Å²) in [6, 6.07) is 11.7. The Hall–Kier alpha value is -2.37. The first-order valence-corrected chi connectivity index (χ1v) is 10.5. The standard InChI is InChI=1S/C23H26ClN3O2/c1-16-3-5-20(24)14-22(16)26-11-9-25(10-12-26)15-23(29)19-4-6-21-18(13-19)7-8-27(21)17(2)28/h3-6,13-14H,7-12,15H2,1-2H3. The third-order valence-electron chi connectivity index (χ3n) is 5.93. The van der Waals surface area contributed by atoms with Gasteiger partial charge in [-0.15, -0.1) is 0 Å². The molecule has 0 aliphatic carbocycles. The van der Waals surface area contributed by atoms with Crippen LogP contribution in [0.2, 0.25) is 5.02 Å². The molecular weight excluding hydrogens is 386 g/mol. The van der Waals surface area contributed by atoms with Crippen molar-refractivity contribution in [1.82, 2.24) is 4.90 Å². The molecule has 1 amide bonds. The van der Waals surface area contributed by atoms with Crippen molar-refractivity contribution in [1.29, 1.82) is 0 Å². The predicted molar refractivity (Wildman–Crippen MR) is 117 cm³/mol. The number of piperazine rings is 1. The number of anilines is 2. The second kappa shape index (κ2) is 8.17. The fourth-order valence-electron chi connectivity index (χ4n) is 4.27. The number of fused-ring (bicyclic) bond motifs is 1. The van der Waals surface area contributed by atoms with Gasteiger partial charge in [-0.2, -0.15) is 0 Å². The molecule has 0 atom stereocenters. The summed E-state index contributed by atoms with van der Waals surface area (Å²) in [5.41, 5.74) is 5.17. The average molecular weight is 412 g/mol. The van der Waals surface area contributed by atoms with Crippen LogP contribution in [0.1, 0.15) is 28.4 Å². The molecule has 0 saturated carbocycles. The molecule has 29 heavy (non-hydrogen) atoms. The number of hydrogen-bond donors (Lipinski definition) is 0. The Labute approximate surface area is 176 Å². The number of carbonyl (C=O) groups is 2. The molecule has 0 unspecified atom stereocenters. The Morgan fingerprint density at radius 2 is 1.72 bits per heavy atom. The zero-order chi connectivity index (χ0) is 20.5. The van der Waals surface area contributed by atoms with Gasteiger partial charge in [0.2, 0.25) is 5.91 Å². The van der Waals surface area contributed by atoms with Crippen molar-refractivity contribution in [3.05, 3.63) is 58.1 Å². The van der Waals surface area contributed by atoms with Crippen molar-refractivity contribution in [3.63, 3.8) is 0 Å². The van der Waals surface area contributed by atoms with Crippen LogP contribution >= 0.6 is 11.6 Å². The van der Waals surface area contributed by atoms with Gasteiger partial charge < -0.3 is 9.80 Å². The van der Waals surface area contributed by atoms with Crippen LogP contribution in [0.5, 0.6) is 0 Å². The van der Waals surface area contributed by atoms with Crippen molar-refractivity contribution < 1.29 is 9.59 Å². The third kappa shape index (κ3) is 4.16. The van der Waals surface area contributed by atoms with E-state index in [2.05, 4.69) is 22.8 Å². The second-order valence-corrected chi connectivity index (χ2v) is 8.32. The van der Waals surface area contributed by atoms with Gasteiger partial charge >= 0.3 is 0 Å². The maximum Gasteiger partial charge on any atom is 0.223 e. The van der Waals surface area contributed by atoms with E-state index in [9.17, 15) is 9.59 Å². The Kier molecular flexibility index (Phi) is 5.61. The van der Waals surface area contributed by atoms with E-state index in [1.54, 1.807) is 11.8 Å². The first-order valence-electron chi connectivity index (χ1n) is 10.1. The van der Waals surface area contributed by atoms with E-state index < -0.39 is 0 Å². The van der Waals surface area contributed by atoms with Crippen LogP contribution in [0.4, 0.5) is 11.4 Å². The van der Waals surface area contributed by atoms with Crippen molar-refractivity contribution in [2.75, 3.05) is 49.1 Å². The van der Waals surface area contributed by atoms with Crippen molar-refractivity contribution >= 4 is 34.7 Å². The van der Waals surface area contributed by atoms with Gasteiger partial charge in [0.25, 0.3) is 0 Å². The Balaban J connectivity index is 1.37. The van der Waals surface area contributed by atoms with E-state index in [-0.39, 0.29) is 11.7 Å². The molecule has 2 heterocycles. The molecule has 0 radical (unpaired) electrons. The van der Waals surface area contributed by atoms with Crippen molar-refractivity contribution in [2.45, 2.75) is 20.3 Å². The van der Waals surface area contributed by atoms with Crippen LogP contribution in [-0.2, 0) is 11.2 Å². The smallest absolute Gasteiger partial charge is 0.223 e. The normalized spacial score (nSPS) is 16.8. The molecule has 0 spiro atoms. The molecule has 0 aromatic heterocycles. The van der Waals surface area contributed by atoms with Crippen LogP contribution < -0.4 is 9.80 Å². The third-order valence-corrected chi connectivity index (χ3v) is 6.16. The Bertz CT molecular complexity index is 951. The van der Waals surface area contributed by atoms with Crippen LogP contribution in [0, 0.1) is 6.92 Å². The van der Waals surface area contributed by atoms with Gasteiger partial charge in [0.15, 0.2) is 5.78 Å². The zero-order valence-corrected chi connectivity index (χ0v) is 17.7. The minimum atomic E-state index is 0.0515. The highest BCUT2D eigenvalue weighted by atomic mass is 35.5. The van der Waals surface area contributed by atoms with Crippen LogP contribution in [0.3, 0.4) is 0 Å². The number of amides is 1. The maximum absolute atomic E-state index is 12.8. The van der Waals surface area contributed by atoms with Gasteiger partial charge in [0, 0.05) is 61.6 Å². The highest BCUT2D eigenvalue weighted by molar-refractivity contribution is 6.30. The van der Waals surface area contributed by atoms with Gasteiger partial charge in [0.1, 0.15) is 0 Å². The summed E-state index contributed by atoms with van der Waals surface area (Å²) in [4.78, 5) is 30.9.